The van der Waals surface area contributed by atoms with E-state index < -0.39 is 23.9 Å². The lowest BCUT2D eigenvalue weighted by Gasteiger charge is -2.17. The van der Waals surface area contributed by atoms with E-state index in [1.54, 1.807) is 19.9 Å². The van der Waals surface area contributed by atoms with Crippen LogP contribution in [-0.4, -0.2) is 50.3 Å². The normalized spacial score (nSPS) is 11.0. The van der Waals surface area contributed by atoms with Gasteiger partial charge in [0, 0.05) is 5.92 Å². The van der Waals surface area contributed by atoms with Gasteiger partial charge in [-0.15, -0.1) is 0 Å². The number of hydrogen-bond donors (Lipinski definition) is 0. The van der Waals surface area contributed by atoms with Crippen molar-refractivity contribution >= 4 is 29.5 Å². The first-order chi connectivity index (χ1) is 25.4. The summed E-state index contributed by atoms with van der Waals surface area (Å²) in [5.41, 5.74) is 3.96. The Morgan fingerprint density at radius 1 is 0.500 bits per heavy atom. The molecule has 0 heterocycles. The van der Waals surface area contributed by atoms with Gasteiger partial charge in [0.2, 0.25) is 0 Å². The van der Waals surface area contributed by atoms with Gasteiger partial charge >= 0.3 is 23.9 Å². The predicted octanol–water partition coefficient (Wildman–Crippen LogP) is 8.43. The van der Waals surface area contributed by atoms with Crippen molar-refractivity contribution in [2.45, 2.75) is 40.0 Å². The number of carbonyl (C=O) groups excluding carboxylic acids is 4. The molecule has 4 aromatic rings. The molecule has 4 aromatic carbocycles. The Bertz CT molecular complexity index is 1710. The number of allylic oxidation sites excluding steroid dienone is 3. The van der Waals surface area contributed by atoms with Gasteiger partial charge in [0.05, 0.1) is 13.2 Å². The molecule has 0 spiro atoms. The first-order valence-corrected chi connectivity index (χ1v) is 17.4. The second-order valence-corrected chi connectivity index (χ2v) is 10.8. The molecule has 4 rings (SSSR count). The van der Waals surface area contributed by atoms with Gasteiger partial charge in [0.25, 0.3) is 0 Å². The lowest BCUT2D eigenvalue weighted by atomic mass is 9.88. The number of carbonyl (C=O) groups is 4. The average molecular weight is 703 g/mol. The molecule has 0 amide bonds. The van der Waals surface area contributed by atoms with E-state index in [2.05, 4.69) is 0 Å². The highest BCUT2D eigenvalue weighted by molar-refractivity contribution is 6.15. The molecule has 0 N–H and O–H groups in total. The van der Waals surface area contributed by atoms with Crippen LogP contribution in [0.2, 0.25) is 0 Å². The first kappa shape index (κ1) is 40.4. The van der Waals surface area contributed by atoms with Gasteiger partial charge in [0.15, 0.2) is 0 Å². The standard InChI is InChI=1S/C42H40O8.C2H6/c1-3-47-39(43)37(27-25-35(31-17-9-5-10-18-31)32-19-11-6-12-20-32)41(45)49-29-30-50-42(46)38(40(44)48-4-2)28-26-36(33-21-13-7-14-22-33)34-23-15-8-16-24-34;1-2/h5-25,27-28,36H,3-4,26,29-30H2,1-2H3;1-2H3/b37-27-,38-28-;. The highest BCUT2D eigenvalue weighted by Crippen LogP contribution is 2.29. The van der Waals surface area contributed by atoms with E-state index in [4.69, 9.17) is 18.9 Å². The number of esters is 4. The minimum Gasteiger partial charge on any atom is -0.462 e. The Hall–Kier alpha value is -6.02. The summed E-state index contributed by atoms with van der Waals surface area (Å²) in [5.74, 6) is -3.68. The van der Waals surface area contributed by atoms with E-state index in [-0.39, 0.29) is 43.5 Å². The van der Waals surface area contributed by atoms with Crippen LogP contribution in [0.15, 0.2) is 151 Å². The Kier molecular flexibility index (Phi) is 17.6. The van der Waals surface area contributed by atoms with Crippen LogP contribution in [0.5, 0.6) is 0 Å². The molecule has 0 saturated carbocycles. The minimum absolute atomic E-state index is 0.0490. The maximum Gasteiger partial charge on any atom is 0.345 e. The highest BCUT2D eigenvalue weighted by atomic mass is 16.6. The molecular weight excluding hydrogens is 656 g/mol. The van der Waals surface area contributed by atoms with Gasteiger partial charge in [0.1, 0.15) is 24.4 Å². The van der Waals surface area contributed by atoms with Crippen molar-refractivity contribution in [1.82, 2.24) is 0 Å². The van der Waals surface area contributed by atoms with E-state index in [0.29, 0.717) is 6.42 Å². The van der Waals surface area contributed by atoms with Crippen LogP contribution in [0.1, 0.15) is 62.3 Å². The summed E-state index contributed by atoms with van der Waals surface area (Å²) in [4.78, 5) is 51.9. The van der Waals surface area contributed by atoms with Crippen LogP contribution in [0.25, 0.3) is 5.57 Å². The fourth-order valence-corrected chi connectivity index (χ4v) is 5.14. The van der Waals surface area contributed by atoms with Crippen LogP contribution < -0.4 is 0 Å². The van der Waals surface area contributed by atoms with Gasteiger partial charge in [-0.3, -0.25) is 0 Å². The van der Waals surface area contributed by atoms with Crippen molar-refractivity contribution in [2.75, 3.05) is 26.4 Å². The van der Waals surface area contributed by atoms with E-state index >= 15 is 0 Å². The Morgan fingerprint density at radius 2 is 0.865 bits per heavy atom. The first-order valence-electron chi connectivity index (χ1n) is 17.4. The summed E-state index contributed by atoms with van der Waals surface area (Å²) in [7, 11) is 0. The number of hydrogen-bond acceptors (Lipinski definition) is 8. The fraction of sp³-hybridized carbons (Fsp3) is 0.227. The molecule has 8 heteroatoms. The second kappa shape index (κ2) is 22.6. The van der Waals surface area contributed by atoms with E-state index in [0.717, 1.165) is 27.8 Å². The molecule has 0 fully saturated rings. The molecule has 0 aliphatic carbocycles. The Morgan fingerprint density at radius 3 is 1.29 bits per heavy atom. The topological polar surface area (TPSA) is 105 Å². The molecule has 8 nitrogen and oxygen atoms in total. The van der Waals surface area contributed by atoms with Crippen molar-refractivity contribution in [3.63, 3.8) is 0 Å². The zero-order chi connectivity index (χ0) is 37.6. The molecule has 0 unspecified atom stereocenters. The molecule has 270 valence electrons. The molecule has 52 heavy (non-hydrogen) atoms. The molecule has 0 atom stereocenters. The molecule has 0 aliphatic rings. The van der Waals surface area contributed by atoms with E-state index in [1.165, 1.54) is 12.2 Å². The third-order valence-corrected chi connectivity index (χ3v) is 7.53. The maximum absolute atomic E-state index is 13.1. The molecule has 0 radical (unpaired) electrons. The summed E-state index contributed by atoms with van der Waals surface area (Å²) >= 11 is 0. The second-order valence-electron chi connectivity index (χ2n) is 10.8. The third-order valence-electron chi connectivity index (χ3n) is 7.53. The molecular formula is C44H46O8. The summed E-state index contributed by atoms with van der Waals surface area (Å²) in [6.45, 7) is 6.65. The van der Waals surface area contributed by atoms with Crippen LogP contribution in [-0.2, 0) is 38.1 Å². The lowest BCUT2D eigenvalue weighted by Crippen LogP contribution is -2.23. The lowest BCUT2D eigenvalue weighted by molar-refractivity contribution is -0.153. The predicted molar refractivity (Wildman–Crippen MR) is 202 cm³/mol. The quantitative estimate of drug-likeness (QED) is 0.0218. The maximum atomic E-state index is 13.1. The summed E-state index contributed by atoms with van der Waals surface area (Å²) < 4.78 is 20.9. The summed E-state index contributed by atoms with van der Waals surface area (Å²) in [5, 5.41) is 0. The van der Waals surface area contributed by atoms with Crippen LogP contribution >= 0.6 is 0 Å². The average Bonchev–Trinajstić information content (AvgIpc) is 3.19. The van der Waals surface area contributed by atoms with Crippen molar-refractivity contribution < 1.29 is 38.1 Å². The monoisotopic (exact) mass is 702 g/mol. The summed E-state index contributed by atoms with van der Waals surface area (Å²) in [6, 6.07) is 38.6. The van der Waals surface area contributed by atoms with Gasteiger partial charge in [-0.05, 0) is 54.2 Å². The minimum atomic E-state index is -0.953. The van der Waals surface area contributed by atoms with Crippen LogP contribution in [0.3, 0.4) is 0 Å². The van der Waals surface area contributed by atoms with Crippen molar-refractivity contribution in [3.8, 4) is 0 Å². The molecule has 0 aromatic heterocycles. The number of benzene rings is 4. The van der Waals surface area contributed by atoms with Gasteiger partial charge in [-0.2, -0.15) is 0 Å². The fourth-order valence-electron chi connectivity index (χ4n) is 5.14. The van der Waals surface area contributed by atoms with Crippen LogP contribution in [0, 0.1) is 0 Å². The van der Waals surface area contributed by atoms with Crippen molar-refractivity contribution in [2.24, 2.45) is 0 Å². The Balaban J connectivity index is 0.00000358. The molecule has 0 bridgehead atoms. The zero-order valence-corrected chi connectivity index (χ0v) is 30.2. The van der Waals surface area contributed by atoms with Gasteiger partial charge < -0.3 is 18.9 Å². The van der Waals surface area contributed by atoms with Gasteiger partial charge in [-0.25, -0.2) is 19.2 Å². The summed E-state index contributed by atoms with van der Waals surface area (Å²) in [6.07, 6.45) is 4.86. The van der Waals surface area contributed by atoms with Crippen molar-refractivity contribution in [1.29, 1.82) is 0 Å². The smallest absolute Gasteiger partial charge is 0.345 e. The largest absolute Gasteiger partial charge is 0.462 e. The number of ether oxygens (including phenoxy) is 4. The molecule has 0 aliphatic heterocycles. The van der Waals surface area contributed by atoms with Gasteiger partial charge in [-0.1, -0.05) is 147 Å². The number of rotatable bonds is 16. The van der Waals surface area contributed by atoms with E-state index in [1.807, 2.05) is 135 Å². The highest BCUT2D eigenvalue weighted by Gasteiger charge is 2.24. The zero-order valence-electron chi connectivity index (χ0n) is 30.2. The van der Waals surface area contributed by atoms with Crippen LogP contribution in [0.4, 0.5) is 0 Å². The molecule has 0 saturated heterocycles. The third kappa shape index (κ3) is 12.4. The SMILES string of the molecule is CC.CCOC(=O)/C(=C/C=C(c1ccccc1)c1ccccc1)C(=O)OCCOC(=O)/C(=C\CC(c1ccccc1)c1ccccc1)C(=O)OCC. The van der Waals surface area contributed by atoms with E-state index in [9.17, 15) is 19.2 Å². The van der Waals surface area contributed by atoms with Crippen molar-refractivity contribution in [3.05, 3.63) is 173 Å². The Labute approximate surface area is 306 Å².